The predicted molar refractivity (Wildman–Crippen MR) is 90.0 cm³/mol. The fourth-order valence-corrected chi connectivity index (χ4v) is 3.37. The highest BCUT2D eigenvalue weighted by Gasteiger charge is 2.36. The summed E-state index contributed by atoms with van der Waals surface area (Å²) in [4.78, 5) is 16.5. The van der Waals surface area contributed by atoms with Crippen molar-refractivity contribution in [3.63, 3.8) is 0 Å². The van der Waals surface area contributed by atoms with Crippen LogP contribution < -0.4 is 4.90 Å². The maximum Gasteiger partial charge on any atom is 0.244 e. The Bertz CT molecular complexity index is 759. The molecule has 24 heavy (non-hydrogen) atoms. The molecule has 2 aliphatic rings. The molecule has 126 valence electrons. The molecule has 0 N–H and O–H groups in total. The minimum atomic E-state index is -0.197. The molecule has 1 saturated heterocycles. The molecule has 0 unspecified atom stereocenters. The lowest BCUT2D eigenvalue weighted by atomic mass is 10.2. The van der Waals surface area contributed by atoms with E-state index in [1.807, 2.05) is 30.1 Å². The first kappa shape index (κ1) is 15.6. The number of amides is 1. The first-order valence-electron chi connectivity index (χ1n) is 8.22. The third-order valence-electron chi connectivity index (χ3n) is 4.65. The van der Waals surface area contributed by atoms with Crippen molar-refractivity contribution in [3.8, 4) is 0 Å². The van der Waals surface area contributed by atoms with E-state index in [9.17, 15) is 4.79 Å². The molecule has 2 fully saturated rings. The lowest BCUT2D eigenvalue weighted by Gasteiger charge is -2.22. The number of anilines is 1. The summed E-state index contributed by atoms with van der Waals surface area (Å²) in [6.07, 6.45) is 3.01. The Morgan fingerprint density at radius 1 is 1.29 bits per heavy atom. The normalized spacial score (nSPS) is 21.0. The van der Waals surface area contributed by atoms with Crippen LogP contribution in [0.4, 0.5) is 5.69 Å². The minimum Gasteiger partial charge on any atom is -0.424 e. The number of likely N-dealkylation sites (N-methyl/N-ethyl adjacent to an activating group) is 1. The van der Waals surface area contributed by atoms with Gasteiger partial charge in [0, 0.05) is 12.5 Å². The van der Waals surface area contributed by atoms with Gasteiger partial charge in [0.25, 0.3) is 0 Å². The van der Waals surface area contributed by atoms with Gasteiger partial charge in [-0.1, -0.05) is 23.7 Å². The number of halogens is 1. The molecule has 7 heteroatoms. The second-order valence-corrected chi connectivity index (χ2v) is 6.88. The topological polar surface area (TPSA) is 62.5 Å². The van der Waals surface area contributed by atoms with Crippen molar-refractivity contribution < 1.29 is 9.21 Å². The molecule has 0 spiro atoms. The quantitative estimate of drug-likeness (QED) is 0.833. The Morgan fingerprint density at radius 3 is 2.83 bits per heavy atom. The standard InChI is InChI=1S/C17H19ClN4O2/c1-21(10-15-19-20-16(24-15)11-6-7-11)14-8-9-22(17(14)23)13-5-3-2-4-12(13)18/h2-5,11,14H,6-10H2,1H3/t14-/m1/s1. The molecule has 0 radical (unpaired) electrons. The summed E-state index contributed by atoms with van der Waals surface area (Å²) in [7, 11) is 1.92. The van der Waals surface area contributed by atoms with Gasteiger partial charge >= 0.3 is 0 Å². The van der Waals surface area contributed by atoms with Crippen molar-refractivity contribution in [1.82, 2.24) is 15.1 Å². The highest BCUT2D eigenvalue weighted by atomic mass is 35.5. The zero-order chi connectivity index (χ0) is 16.7. The first-order valence-corrected chi connectivity index (χ1v) is 8.59. The molecule has 1 amide bonds. The molecule has 0 bridgehead atoms. The van der Waals surface area contributed by atoms with Crippen LogP contribution in [-0.4, -0.2) is 40.6 Å². The minimum absolute atomic E-state index is 0.0625. The molecule has 2 heterocycles. The highest BCUT2D eigenvalue weighted by molar-refractivity contribution is 6.33. The van der Waals surface area contributed by atoms with Crippen LogP contribution in [0.5, 0.6) is 0 Å². The Kier molecular flexibility index (Phi) is 4.02. The number of aromatic nitrogens is 2. The fourth-order valence-electron chi connectivity index (χ4n) is 3.13. The molecular weight excluding hydrogens is 328 g/mol. The predicted octanol–water partition coefficient (Wildman–Crippen LogP) is 2.84. The molecule has 2 aromatic rings. The number of rotatable bonds is 5. The summed E-state index contributed by atoms with van der Waals surface area (Å²) in [5, 5.41) is 8.79. The summed E-state index contributed by atoms with van der Waals surface area (Å²) >= 11 is 6.22. The Balaban J connectivity index is 1.44. The van der Waals surface area contributed by atoms with Crippen LogP contribution in [0.15, 0.2) is 28.7 Å². The molecule has 4 rings (SSSR count). The van der Waals surface area contributed by atoms with Gasteiger partial charge in [0.05, 0.1) is 23.3 Å². The van der Waals surface area contributed by atoms with Gasteiger partial charge < -0.3 is 9.32 Å². The van der Waals surface area contributed by atoms with E-state index in [0.29, 0.717) is 29.9 Å². The van der Waals surface area contributed by atoms with Gasteiger partial charge in [0.15, 0.2) is 0 Å². The number of nitrogens with zero attached hydrogens (tertiary/aromatic N) is 4. The fraction of sp³-hybridized carbons (Fsp3) is 0.471. The van der Waals surface area contributed by atoms with E-state index in [0.717, 1.165) is 30.8 Å². The van der Waals surface area contributed by atoms with E-state index in [4.69, 9.17) is 16.0 Å². The molecular formula is C17H19ClN4O2. The van der Waals surface area contributed by atoms with E-state index < -0.39 is 0 Å². The maximum absolute atomic E-state index is 12.8. The monoisotopic (exact) mass is 346 g/mol. The average molecular weight is 347 g/mol. The molecule has 6 nitrogen and oxygen atoms in total. The van der Waals surface area contributed by atoms with E-state index in [2.05, 4.69) is 10.2 Å². The molecule has 1 aromatic carbocycles. The van der Waals surface area contributed by atoms with E-state index in [-0.39, 0.29) is 11.9 Å². The maximum atomic E-state index is 12.8. The van der Waals surface area contributed by atoms with Gasteiger partial charge in [-0.2, -0.15) is 0 Å². The summed E-state index contributed by atoms with van der Waals surface area (Å²) in [6, 6.07) is 7.24. The van der Waals surface area contributed by atoms with Crippen LogP contribution in [0.2, 0.25) is 5.02 Å². The Hall–Kier alpha value is -1.92. The number of para-hydroxylation sites is 1. The molecule has 1 saturated carbocycles. The molecule has 1 aliphatic carbocycles. The lowest BCUT2D eigenvalue weighted by Crippen LogP contribution is -2.39. The van der Waals surface area contributed by atoms with Crippen LogP contribution in [-0.2, 0) is 11.3 Å². The smallest absolute Gasteiger partial charge is 0.244 e. The largest absolute Gasteiger partial charge is 0.424 e. The zero-order valence-electron chi connectivity index (χ0n) is 13.5. The average Bonchev–Trinajstić information content (AvgIpc) is 3.20. The van der Waals surface area contributed by atoms with Gasteiger partial charge in [-0.15, -0.1) is 10.2 Å². The van der Waals surface area contributed by atoms with E-state index >= 15 is 0 Å². The van der Waals surface area contributed by atoms with Crippen molar-refractivity contribution in [2.45, 2.75) is 37.8 Å². The number of carbonyl (C=O) groups is 1. The van der Waals surface area contributed by atoms with Gasteiger partial charge in [0.2, 0.25) is 17.7 Å². The van der Waals surface area contributed by atoms with E-state index in [1.54, 1.807) is 11.0 Å². The van der Waals surface area contributed by atoms with Crippen molar-refractivity contribution >= 4 is 23.2 Å². The second-order valence-electron chi connectivity index (χ2n) is 6.47. The Labute approximate surface area is 145 Å². The summed E-state index contributed by atoms with van der Waals surface area (Å²) in [5.41, 5.74) is 0.772. The van der Waals surface area contributed by atoms with Gasteiger partial charge in [-0.3, -0.25) is 9.69 Å². The number of hydrogen-bond acceptors (Lipinski definition) is 5. The van der Waals surface area contributed by atoms with Crippen molar-refractivity contribution in [3.05, 3.63) is 41.1 Å². The van der Waals surface area contributed by atoms with Crippen molar-refractivity contribution in [2.75, 3.05) is 18.5 Å². The molecule has 1 aliphatic heterocycles. The highest BCUT2D eigenvalue weighted by Crippen LogP contribution is 2.39. The molecule has 1 aromatic heterocycles. The van der Waals surface area contributed by atoms with Crippen LogP contribution in [0.3, 0.4) is 0 Å². The van der Waals surface area contributed by atoms with Crippen LogP contribution in [0.1, 0.15) is 37.0 Å². The molecule has 1 atom stereocenters. The third-order valence-corrected chi connectivity index (χ3v) is 4.97. The van der Waals surface area contributed by atoms with Gasteiger partial charge in [0.1, 0.15) is 0 Å². The zero-order valence-corrected chi connectivity index (χ0v) is 14.2. The SMILES string of the molecule is CN(Cc1nnc(C2CC2)o1)[C@@H]1CCN(c2ccccc2Cl)C1=O. The lowest BCUT2D eigenvalue weighted by molar-refractivity contribution is -0.121. The van der Waals surface area contributed by atoms with Gasteiger partial charge in [-0.25, -0.2) is 0 Å². The number of benzene rings is 1. The van der Waals surface area contributed by atoms with E-state index in [1.165, 1.54) is 0 Å². The van der Waals surface area contributed by atoms with Gasteiger partial charge in [-0.05, 0) is 38.4 Å². The van der Waals surface area contributed by atoms with Crippen molar-refractivity contribution in [1.29, 1.82) is 0 Å². The number of carbonyl (C=O) groups excluding carboxylic acids is 1. The first-order chi connectivity index (χ1) is 11.6. The van der Waals surface area contributed by atoms with Crippen LogP contribution in [0.25, 0.3) is 0 Å². The van der Waals surface area contributed by atoms with Crippen LogP contribution >= 0.6 is 11.6 Å². The number of hydrogen-bond donors (Lipinski definition) is 0. The summed E-state index contributed by atoms with van der Waals surface area (Å²) in [5.74, 6) is 1.81. The summed E-state index contributed by atoms with van der Waals surface area (Å²) in [6.45, 7) is 1.14. The third kappa shape index (κ3) is 2.91. The Morgan fingerprint density at radius 2 is 2.08 bits per heavy atom. The van der Waals surface area contributed by atoms with Crippen LogP contribution in [0, 0.1) is 0 Å². The summed E-state index contributed by atoms with van der Waals surface area (Å²) < 4.78 is 5.69. The second kappa shape index (κ2) is 6.18. The van der Waals surface area contributed by atoms with Crippen molar-refractivity contribution in [2.24, 2.45) is 0 Å².